The van der Waals surface area contributed by atoms with E-state index >= 15 is 0 Å². The van der Waals surface area contributed by atoms with Crippen molar-refractivity contribution in [3.05, 3.63) is 34.6 Å². The van der Waals surface area contributed by atoms with Crippen LogP contribution in [0.15, 0.2) is 18.2 Å². The molecule has 0 aliphatic carbocycles. The van der Waals surface area contributed by atoms with Crippen LogP contribution in [0.1, 0.15) is 12.5 Å². The summed E-state index contributed by atoms with van der Waals surface area (Å²) in [5, 5.41) is 9.15. The smallest absolute Gasteiger partial charge is 0.216 e. The molecule has 0 heterocycles. The van der Waals surface area contributed by atoms with Crippen LogP contribution in [0, 0.1) is 5.82 Å². The second-order valence-electron chi connectivity index (χ2n) is 4.36. The number of hydrogen-bond acceptors (Lipinski definition) is 4. The minimum Gasteiger partial charge on any atom is -0.395 e. The summed E-state index contributed by atoms with van der Waals surface area (Å²) in [5.74, 6) is -1.10. The van der Waals surface area contributed by atoms with E-state index in [9.17, 15) is 12.8 Å². The molecule has 0 bridgehead atoms. The van der Waals surface area contributed by atoms with E-state index in [0.29, 0.717) is 0 Å². The Balaban J connectivity index is 2.82. The molecule has 1 aromatic carbocycles. The first kappa shape index (κ1) is 17.7. The van der Waals surface area contributed by atoms with Crippen molar-refractivity contribution in [2.75, 3.05) is 12.9 Å². The molecule has 114 valence electrons. The molecular formula is C12H17ClFNO3S2. The summed E-state index contributed by atoms with van der Waals surface area (Å²) in [5.41, 5.74) is 0.0156. The van der Waals surface area contributed by atoms with Gasteiger partial charge in [-0.25, -0.2) is 17.5 Å². The molecule has 0 radical (unpaired) electrons. The van der Waals surface area contributed by atoms with Gasteiger partial charge < -0.3 is 5.11 Å². The Morgan fingerprint density at radius 2 is 2.15 bits per heavy atom. The fraction of sp³-hybridized carbons (Fsp3) is 0.500. The minimum absolute atomic E-state index is 0.0156. The van der Waals surface area contributed by atoms with E-state index in [-0.39, 0.29) is 22.4 Å². The first-order valence-electron chi connectivity index (χ1n) is 5.86. The van der Waals surface area contributed by atoms with Gasteiger partial charge in [0.15, 0.2) is 0 Å². The second kappa shape index (κ2) is 7.61. The molecule has 8 heteroatoms. The number of halogens is 2. The van der Waals surface area contributed by atoms with Crippen LogP contribution in [0.5, 0.6) is 0 Å². The molecule has 0 aliphatic rings. The fourth-order valence-electron chi connectivity index (χ4n) is 1.70. The molecule has 20 heavy (non-hydrogen) atoms. The fourth-order valence-corrected chi connectivity index (χ4v) is 4.05. The van der Waals surface area contributed by atoms with Gasteiger partial charge in [-0.1, -0.05) is 11.6 Å². The molecule has 0 aromatic heterocycles. The molecule has 0 aliphatic heterocycles. The molecule has 2 N–H and O–H groups in total. The van der Waals surface area contributed by atoms with Gasteiger partial charge in [-0.15, -0.1) is 0 Å². The van der Waals surface area contributed by atoms with Crippen LogP contribution in [0.4, 0.5) is 4.39 Å². The number of nitrogens with one attached hydrogen (secondary N) is 1. The minimum atomic E-state index is -3.71. The number of benzene rings is 1. The van der Waals surface area contributed by atoms with Gasteiger partial charge in [-0.3, -0.25) is 0 Å². The van der Waals surface area contributed by atoms with Crippen LogP contribution in [-0.4, -0.2) is 37.7 Å². The summed E-state index contributed by atoms with van der Waals surface area (Å²) in [6.45, 7) is 1.51. The van der Waals surface area contributed by atoms with Gasteiger partial charge in [-0.05, 0) is 31.4 Å². The van der Waals surface area contributed by atoms with Crippen LogP contribution in [-0.2, 0) is 15.8 Å². The number of sulfonamides is 1. The summed E-state index contributed by atoms with van der Waals surface area (Å²) >= 11 is 7.09. The van der Waals surface area contributed by atoms with E-state index < -0.39 is 27.6 Å². The third-order valence-corrected chi connectivity index (χ3v) is 5.58. The SMILES string of the molecule is CS[C@H](CO)[C@H](C)NS(=O)(=O)Cc1cc(Cl)ccc1F. The Hall–Kier alpha value is -0.340. The van der Waals surface area contributed by atoms with Crippen molar-refractivity contribution in [2.45, 2.75) is 24.0 Å². The normalized spacial score (nSPS) is 15.1. The average molecular weight is 342 g/mol. The Bertz CT molecular complexity index is 550. The zero-order valence-electron chi connectivity index (χ0n) is 11.1. The zero-order chi connectivity index (χ0) is 15.3. The predicted octanol–water partition coefficient (Wildman–Crippen LogP) is 2.01. The standard InChI is InChI=1S/C12H17ClFNO3S2/c1-8(12(6-16)19-2)15-20(17,18)7-9-5-10(13)3-4-11(9)14/h3-5,8,12,15-16H,6-7H2,1-2H3/t8-,12+/m0/s1. The topological polar surface area (TPSA) is 66.4 Å². The molecule has 1 aromatic rings. The Labute approximate surface area is 127 Å². The summed E-state index contributed by atoms with van der Waals surface area (Å²) in [4.78, 5) is 0. The Morgan fingerprint density at radius 1 is 1.50 bits per heavy atom. The molecule has 0 fully saturated rings. The second-order valence-corrected chi connectivity index (χ2v) is 7.63. The van der Waals surface area contributed by atoms with Gasteiger partial charge in [0.25, 0.3) is 0 Å². The quantitative estimate of drug-likeness (QED) is 0.796. The largest absolute Gasteiger partial charge is 0.395 e. The first-order valence-corrected chi connectivity index (χ1v) is 9.18. The number of aliphatic hydroxyl groups excluding tert-OH is 1. The molecular weight excluding hydrogens is 325 g/mol. The number of thioether (sulfide) groups is 1. The predicted molar refractivity (Wildman–Crippen MR) is 81.0 cm³/mol. The highest BCUT2D eigenvalue weighted by molar-refractivity contribution is 7.99. The summed E-state index contributed by atoms with van der Waals surface area (Å²) in [6.07, 6.45) is 1.78. The van der Waals surface area contributed by atoms with E-state index in [1.807, 2.05) is 0 Å². The highest BCUT2D eigenvalue weighted by Crippen LogP contribution is 2.18. The Kier molecular flexibility index (Phi) is 6.74. The van der Waals surface area contributed by atoms with Gasteiger partial charge in [-0.2, -0.15) is 11.8 Å². The van der Waals surface area contributed by atoms with E-state index in [2.05, 4.69) is 4.72 Å². The van der Waals surface area contributed by atoms with E-state index in [1.165, 1.54) is 23.9 Å². The van der Waals surface area contributed by atoms with Crippen molar-refractivity contribution in [1.29, 1.82) is 0 Å². The lowest BCUT2D eigenvalue weighted by Gasteiger charge is -2.21. The van der Waals surface area contributed by atoms with E-state index in [4.69, 9.17) is 16.7 Å². The molecule has 0 saturated carbocycles. The van der Waals surface area contributed by atoms with Crippen LogP contribution in [0.2, 0.25) is 5.02 Å². The van der Waals surface area contributed by atoms with Gasteiger partial charge in [0.2, 0.25) is 10.0 Å². The maximum Gasteiger partial charge on any atom is 0.216 e. The number of aliphatic hydroxyl groups is 1. The lowest BCUT2D eigenvalue weighted by molar-refractivity contribution is 0.282. The van der Waals surface area contributed by atoms with E-state index in [1.54, 1.807) is 13.2 Å². The van der Waals surface area contributed by atoms with Crippen molar-refractivity contribution in [3.8, 4) is 0 Å². The summed E-state index contributed by atoms with van der Waals surface area (Å²) < 4.78 is 40.0. The monoisotopic (exact) mass is 341 g/mol. The Morgan fingerprint density at radius 3 is 2.70 bits per heavy atom. The zero-order valence-corrected chi connectivity index (χ0v) is 13.5. The lowest BCUT2D eigenvalue weighted by atomic mass is 10.2. The maximum absolute atomic E-state index is 13.5. The van der Waals surface area contributed by atoms with E-state index in [0.717, 1.165) is 6.07 Å². The van der Waals surface area contributed by atoms with Crippen LogP contribution < -0.4 is 4.72 Å². The lowest BCUT2D eigenvalue weighted by Crippen LogP contribution is -2.41. The van der Waals surface area contributed by atoms with Gasteiger partial charge >= 0.3 is 0 Å². The highest BCUT2D eigenvalue weighted by Gasteiger charge is 2.22. The van der Waals surface area contributed by atoms with Gasteiger partial charge in [0.1, 0.15) is 5.82 Å². The summed E-state index contributed by atoms with van der Waals surface area (Å²) in [7, 11) is -3.71. The first-order chi connectivity index (χ1) is 9.29. The third-order valence-electron chi connectivity index (χ3n) is 2.76. The summed E-state index contributed by atoms with van der Waals surface area (Å²) in [6, 6.07) is 3.33. The molecule has 1 rings (SSSR count). The van der Waals surface area contributed by atoms with Gasteiger partial charge in [0.05, 0.1) is 12.4 Å². The number of hydrogen-bond donors (Lipinski definition) is 2. The molecule has 4 nitrogen and oxygen atoms in total. The molecule has 2 atom stereocenters. The average Bonchev–Trinajstić information content (AvgIpc) is 2.34. The molecule has 0 amide bonds. The van der Waals surface area contributed by atoms with Crippen molar-refractivity contribution < 1.29 is 17.9 Å². The van der Waals surface area contributed by atoms with Crippen LogP contribution in [0.25, 0.3) is 0 Å². The van der Waals surface area contributed by atoms with Crippen molar-refractivity contribution >= 4 is 33.4 Å². The molecule has 0 unspecified atom stereocenters. The molecule has 0 saturated heterocycles. The maximum atomic E-state index is 13.5. The van der Waals surface area contributed by atoms with Crippen LogP contribution in [0.3, 0.4) is 0 Å². The number of rotatable bonds is 7. The van der Waals surface area contributed by atoms with Crippen molar-refractivity contribution in [1.82, 2.24) is 4.72 Å². The molecule has 0 spiro atoms. The van der Waals surface area contributed by atoms with Crippen molar-refractivity contribution in [2.24, 2.45) is 0 Å². The van der Waals surface area contributed by atoms with Crippen molar-refractivity contribution in [3.63, 3.8) is 0 Å². The highest BCUT2D eigenvalue weighted by atomic mass is 35.5. The van der Waals surface area contributed by atoms with Crippen LogP contribution >= 0.6 is 23.4 Å². The third kappa shape index (κ3) is 5.21. The van der Waals surface area contributed by atoms with Gasteiger partial charge in [0, 0.05) is 21.9 Å².